The van der Waals surface area contributed by atoms with E-state index in [0.717, 1.165) is 58.7 Å². The van der Waals surface area contributed by atoms with Gasteiger partial charge in [0.1, 0.15) is 11.3 Å². The fourth-order valence-corrected chi connectivity index (χ4v) is 6.43. The Morgan fingerprint density at radius 2 is 2.11 bits per heavy atom. The topological polar surface area (TPSA) is 65.9 Å². The van der Waals surface area contributed by atoms with Gasteiger partial charge in [-0.15, -0.1) is 12.6 Å². The summed E-state index contributed by atoms with van der Waals surface area (Å²) in [5, 5.41) is 18.2. The molecule has 0 amide bonds. The molecule has 2 aliphatic heterocycles. The van der Waals surface area contributed by atoms with Gasteiger partial charge in [0.15, 0.2) is 17.6 Å². The van der Waals surface area contributed by atoms with Crippen molar-refractivity contribution in [2.75, 3.05) is 13.7 Å². The van der Waals surface area contributed by atoms with E-state index in [-0.39, 0.29) is 12.1 Å². The highest BCUT2D eigenvalue weighted by Crippen LogP contribution is 2.69. The quantitative estimate of drug-likeness (QED) is 0.704. The molecule has 1 aromatic heterocycles. The van der Waals surface area contributed by atoms with E-state index in [1.54, 1.807) is 7.11 Å². The van der Waals surface area contributed by atoms with Gasteiger partial charge in [-0.2, -0.15) is 0 Å². The normalized spacial score (nSPS) is 33.9. The van der Waals surface area contributed by atoms with Crippen molar-refractivity contribution in [2.45, 2.75) is 42.4 Å². The van der Waals surface area contributed by atoms with Gasteiger partial charge < -0.3 is 24.3 Å². The maximum Gasteiger partial charge on any atom is 0.169 e. The molecule has 3 heterocycles. The molecule has 1 spiro atoms. The molecule has 2 bridgehead atoms. The van der Waals surface area contributed by atoms with E-state index in [0.29, 0.717) is 6.42 Å². The van der Waals surface area contributed by atoms with Gasteiger partial charge in [-0.05, 0) is 24.1 Å². The van der Waals surface area contributed by atoms with Crippen LogP contribution in [0.25, 0.3) is 16.3 Å². The molecule has 4 atom stereocenters. The summed E-state index contributed by atoms with van der Waals surface area (Å²) in [7, 11) is 1.67. The monoisotopic (exact) mass is 374 g/mol. The Morgan fingerprint density at radius 3 is 3.00 bits per heavy atom. The zero-order valence-electron chi connectivity index (χ0n) is 15.6. The predicted molar refractivity (Wildman–Crippen MR) is 103 cm³/mol. The zero-order chi connectivity index (χ0) is 18.7. The standard InChI is InChI=1S/C23H20NO4/c1-26-16-7-6-12-10-17-23(25)11-14-13-4-2-3-5-15(13)27-19(14)21-22(23,8-9-24-17)18(12)20(16)28-21/h2-7,17,21,25H,8-11H2,1H3/q-1/t17-,21+,22+,23-/m1/s1. The summed E-state index contributed by atoms with van der Waals surface area (Å²) in [6.45, 7) is 0.735. The number of rotatable bonds is 1. The molecule has 5 nitrogen and oxygen atoms in total. The number of furan rings is 1. The highest BCUT2D eigenvalue weighted by molar-refractivity contribution is 5.84. The predicted octanol–water partition coefficient (Wildman–Crippen LogP) is 3.80. The van der Waals surface area contributed by atoms with Crippen LogP contribution in [0, 0.1) is 0 Å². The van der Waals surface area contributed by atoms with Crippen LogP contribution < -0.4 is 9.47 Å². The third-order valence-corrected chi connectivity index (χ3v) is 7.56. The number of methoxy groups -OCH3 is 1. The molecule has 0 radical (unpaired) electrons. The molecule has 1 fully saturated rings. The van der Waals surface area contributed by atoms with E-state index in [2.05, 4.69) is 12.1 Å². The number of aliphatic hydroxyl groups is 1. The van der Waals surface area contributed by atoms with Crippen molar-refractivity contribution >= 4 is 11.0 Å². The summed E-state index contributed by atoms with van der Waals surface area (Å²) in [5.74, 6) is 2.36. The van der Waals surface area contributed by atoms with Crippen LogP contribution in [0.15, 0.2) is 40.8 Å². The summed E-state index contributed by atoms with van der Waals surface area (Å²) in [6, 6.07) is 12.0. The van der Waals surface area contributed by atoms with Crippen molar-refractivity contribution in [3.05, 3.63) is 64.2 Å². The maximum atomic E-state index is 12.2. The average molecular weight is 374 g/mol. The fraction of sp³-hybridized carbons (Fsp3) is 0.391. The van der Waals surface area contributed by atoms with Crippen LogP contribution in [0.4, 0.5) is 0 Å². The lowest BCUT2D eigenvalue weighted by molar-refractivity contribution is -0.117. The van der Waals surface area contributed by atoms with Crippen LogP contribution >= 0.6 is 0 Å². The number of para-hydroxylation sites is 1. The van der Waals surface area contributed by atoms with Crippen molar-refractivity contribution in [3.8, 4) is 11.5 Å². The second-order valence-corrected chi connectivity index (χ2v) is 8.52. The van der Waals surface area contributed by atoms with Crippen molar-refractivity contribution < 1.29 is 19.0 Å². The highest BCUT2D eigenvalue weighted by atomic mass is 16.5. The van der Waals surface area contributed by atoms with Gasteiger partial charge >= 0.3 is 0 Å². The van der Waals surface area contributed by atoms with Crippen molar-refractivity contribution in [1.82, 2.24) is 0 Å². The summed E-state index contributed by atoms with van der Waals surface area (Å²) < 4.78 is 18.6. The Labute approximate surface area is 162 Å². The van der Waals surface area contributed by atoms with Crippen molar-refractivity contribution in [3.63, 3.8) is 0 Å². The van der Waals surface area contributed by atoms with Crippen LogP contribution in [0.3, 0.4) is 0 Å². The number of hydrogen-bond acceptors (Lipinski definition) is 4. The Morgan fingerprint density at radius 1 is 1.21 bits per heavy atom. The van der Waals surface area contributed by atoms with Crippen LogP contribution in [-0.2, 0) is 18.3 Å². The molecule has 1 N–H and O–H groups in total. The first-order valence-electron chi connectivity index (χ1n) is 9.94. The molecule has 2 aromatic carbocycles. The number of ether oxygens (including phenoxy) is 2. The number of hydrogen-bond donors (Lipinski definition) is 1. The van der Waals surface area contributed by atoms with Crippen LogP contribution in [0.5, 0.6) is 11.5 Å². The molecule has 2 aliphatic carbocycles. The van der Waals surface area contributed by atoms with E-state index in [9.17, 15) is 5.11 Å². The lowest BCUT2D eigenvalue weighted by atomic mass is 9.49. The van der Waals surface area contributed by atoms with E-state index in [1.807, 2.05) is 24.3 Å². The molecule has 3 aromatic rings. The van der Waals surface area contributed by atoms with Crippen LogP contribution in [0.1, 0.15) is 35.0 Å². The van der Waals surface area contributed by atoms with Crippen LogP contribution in [-0.4, -0.2) is 30.4 Å². The van der Waals surface area contributed by atoms with Crippen molar-refractivity contribution in [2.24, 2.45) is 0 Å². The molecule has 4 aliphatic rings. The third kappa shape index (κ3) is 1.45. The summed E-state index contributed by atoms with van der Waals surface area (Å²) in [6.07, 6.45) is 1.70. The van der Waals surface area contributed by atoms with E-state index in [4.69, 9.17) is 19.2 Å². The molecular formula is C23H20NO4-. The molecule has 0 saturated carbocycles. The van der Waals surface area contributed by atoms with E-state index >= 15 is 0 Å². The first kappa shape index (κ1) is 15.4. The summed E-state index contributed by atoms with van der Waals surface area (Å²) in [5.41, 5.74) is 2.76. The second-order valence-electron chi connectivity index (χ2n) is 8.52. The average Bonchev–Trinajstić information content (AvgIpc) is 3.22. The second kappa shape index (κ2) is 4.73. The van der Waals surface area contributed by atoms with E-state index in [1.165, 1.54) is 5.56 Å². The van der Waals surface area contributed by atoms with Gasteiger partial charge in [-0.1, -0.05) is 30.7 Å². The Bertz CT molecular complexity index is 1170. The van der Waals surface area contributed by atoms with Crippen LogP contribution in [0.2, 0.25) is 0 Å². The molecule has 7 rings (SSSR count). The largest absolute Gasteiger partial charge is 0.657 e. The molecule has 1 saturated heterocycles. The number of benzene rings is 2. The number of nitrogens with zero attached hydrogens (tertiary/aromatic N) is 1. The molecule has 142 valence electrons. The highest BCUT2D eigenvalue weighted by Gasteiger charge is 2.69. The Balaban J connectivity index is 1.60. The first-order valence-corrected chi connectivity index (χ1v) is 9.94. The zero-order valence-corrected chi connectivity index (χ0v) is 15.6. The smallest absolute Gasteiger partial charge is 0.169 e. The third-order valence-electron chi connectivity index (χ3n) is 7.56. The number of fused-ring (bicyclic) bond motifs is 4. The molecule has 5 heteroatoms. The Hall–Kier alpha value is -2.50. The molecule has 28 heavy (non-hydrogen) atoms. The van der Waals surface area contributed by atoms with Gasteiger partial charge in [-0.25, -0.2) is 0 Å². The fourth-order valence-electron chi connectivity index (χ4n) is 6.43. The van der Waals surface area contributed by atoms with Crippen molar-refractivity contribution in [1.29, 1.82) is 0 Å². The summed E-state index contributed by atoms with van der Waals surface area (Å²) in [4.78, 5) is 0. The minimum absolute atomic E-state index is 0.124. The molecular weight excluding hydrogens is 354 g/mol. The minimum Gasteiger partial charge on any atom is -0.657 e. The first-order chi connectivity index (χ1) is 13.7. The Kier molecular flexibility index (Phi) is 2.60. The molecule has 0 unspecified atom stereocenters. The lowest BCUT2D eigenvalue weighted by Gasteiger charge is -2.65. The minimum atomic E-state index is -0.972. The van der Waals surface area contributed by atoms with Gasteiger partial charge in [-0.3, -0.25) is 0 Å². The lowest BCUT2D eigenvalue weighted by Crippen LogP contribution is -2.68. The summed E-state index contributed by atoms with van der Waals surface area (Å²) >= 11 is 0. The maximum absolute atomic E-state index is 12.2. The van der Waals surface area contributed by atoms with Gasteiger partial charge in [0.05, 0.1) is 18.1 Å². The SMILES string of the molecule is COc1ccc2c3c1O[C@H]1c4oc5ccccc5c4C[C@@]4(O)[C@@H](C2)[N-]CC[C@]314. The van der Waals surface area contributed by atoms with Gasteiger partial charge in [0, 0.05) is 22.9 Å². The number of piperidine rings is 1. The van der Waals surface area contributed by atoms with Gasteiger partial charge in [0.25, 0.3) is 0 Å². The van der Waals surface area contributed by atoms with E-state index < -0.39 is 11.0 Å². The van der Waals surface area contributed by atoms with Gasteiger partial charge in [0.2, 0.25) is 0 Å².